The van der Waals surface area contributed by atoms with Crippen LogP contribution in [-0.2, 0) is 17.5 Å². The lowest BCUT2D eigenvalue weighted by molar-refractivity contribution is -0.142. The Morgan fingerprint density at radius 3 is 2.61 bits per heavy atom. The molecule has 0 saturated carbocycles. The number of carbonyl (C=O) groups is 1. The fourth-order valence-electron chi connectivity index (χ4n) is 4.55. The van der Waals surface area contributed by atoms with Crippen molar-refractivity contribution in [2.75, 3.05) is 13.1 Å². The first kappa shape index (κ1) is 24.2. The Morgan fingerprint density at radius 2 is 1.86 bits per heavy atom. The lowest BCUT2D eigenvalue weighted by Gasteiger charge is -2.31. The second kappa shape index (κ2) is 9.89. The van der Waals surface area contributed by atoms with Crippen LogP contribution >= 0.6 is 11.3 Å². The summed E-state index contributed by atoms with van der Waals surface area (Å²) in [5, 5.41) is 9.06. The molecule has 0 atom stereocenters. The minimum Gasteiger partial charge on any atom is -0.341 e. The zero-order chi connectivity index (χ0) is 25.3. The fourth-order valence-corrected chi connectivity index (χ4v) is 5.51. The van der Waals surface area contributed by atoms with Crippen LogP contribution in [0, 0.1) is 6.92 Å². The lowest BCUT2D eigenvalue weighted by Crippen LogP contribution is -2.40. The molecule has 5 rings (SSSR count). The predicted molar refractivity (Wildman–Crippen MR) is 136 cm³/mol. The van der Waals surface area contributed by atoms with Crippen molar-refractivity contribution in [1.82, 2.24) is 19.7 Å². The van der Waals surface area contributed by atoms with Crippen LogP contribution in [0.1, 0.15) is 46.4 Å². The summed E-state index contributed by atoms with van der Waals surface area (Å²) in [4.78, 5) is 19.2. The molecule has 0 radical (unpaired) electrons. The van der Waals surface area contributed by atoms with Crippen LogP contribution < -0.4 is 0 Å². The van der Waals surface area contributed by atoms with Crippen molar-refractivity contribution < 1.29 is 18.0 Å². The van der Waals surface area contributed by atoms with Crippen molar-refractivity contribution in [2.24, 2.45) is 0 Å². The van der Waals surface area contributed by atoms with E-state index < -0.39 is 11.9 Å². The van der Waals surface area contributed by atoms with Gasteiger partial charge in [-0.25, -0.2) is 4.98 Å². The molecule has 5 nitrogen and oxygen atoms in total. The topological polar surface area (TPSA) is 51.0 Å². The van der Waals surface area contributed by atoms with Crippen molar-refractivity contribution in [1.29, 1.82) is 0 Å². The van der Waals surface area contributed by atoms with E-state index in [1.165, 1.54) is 17.7 Å². The molecule has 1 fully saturated rings. The standard InChI is InChI=1S/C27H25F3N4OS/c1-18-15-24(27(28,29)30)32-34(18)16-25(35)33-13-11-21(12-14-33)26-31-22(17-36-26)10-9-20-7-4-6-19-5-2-3-8-23(19)20/h2-10,15,17,21H,11-14,16H2,1H3/b10-9-. The van der Waals surface area contributed by atoms with Gasteiger partial charge >= 0.3 is 6.18 Å². The Balaban J connectivity index is 1.19. The number of fused-ring (bicyclic) bond motifs is 1. The maximum Gasteiger partial charge on any atom is 0.435 e. The Morgan fingerprint density at radius 1 is 1.11 bits per heavy atom. The van der Waals surface area contributed by atoms with Gasteiger partial charge < -0.3 is 4.90 Å². The van der Waals surface area contributed by atoms with E-state index in [2.05, 4.69) is 35.4 Å². The molecule has 1 saturated heterocycles. The van der Waals surface area contributed by atoms with Crippen molar-refractivity contribution >= 4 is 40.2 Å². The van der Waals surface area contributed by atoms with Crippen LogP contribution in [0.5, 0.6) is 0 Å². The molecule has 0 aliphatic carbocycles. The van der Waals surface area contributed by atoms with Gasteiger partial charge in [-0.1, -0.05) is 48.5 Å². The molecule has 0 N–H and O–H groups in total. The number of hydrogen-bond acceptors (Lipinski definition) is 4. The maximum absolute atomic E-state index is 12.9. The number of aromatic nitrogens is 3. The summed E-state index contributed by atoms with van der Waals surface area (Å²) in [5.74, 6) is 0.0493. The predicted octanol–water partition coefficient (Wildman–Crippen LogP) is 6.40. The second-order valence-electron chi connectivity index (χ2n) is 8.99. The molecule has 0 bridgehead atoms. The average Bonchev–Trinajstić information content (AvgIpc) is 3.49. The van der Waals surface area contributed by atoms with Gasteiger partial charge in [0.25, 0.3) is 0 Å². The summed E-state index contributed by atoms with van der Waals surface area (Å²) in [6.07, 6.45) is 1.15. The first-order valence-electron chi connectivity index (χ1n) is 11.8. The number of likely N-dealkylation sites (tertiary alicyclic amines) is 1. The summed E-state index contributed by atoms with van der Waals surface area (Å²) in [5.41, 5.74) is 1.40. The number of nitrogens with zero attached hydrogens (tertiary/aromatic N) is 4. The quantitative estimate of drug-likeness (QED) is 0.312. The molecule has 0 spiro atoms. The molecule has 4 aromatic rings. The number of hydrogen-bond donors (Lipinski definition) is 0. The van der Waals surface area contributed by atoms with Gasteiger partial charge in [-0.2, -0.15) is 18.3 Å². The molecular formula is C27H25F3N4OS. The van der Waals surface area contributed by atoms with E-state index in [0.717, 1.165) is 39.9 Å². The highest BCUT2D eigenvalue weighted by Crippen LogP contribution is 2.32. The molecule has 9 heteroatoms. The molecule has 1 aliphatic heterocycles. The van der Waals surface area contributed by atoms with Gasteiger partial charge in [0.15, 0.2) is 5.69 Å². The molecule has 186 valence electrons. The van der Waals surface area contributed by atoms with Gasteiger partial charge in [0.05, 0.1) is 10.7 Å². The number of carbonyl (C=O) groups excluding carboxylic acids is 1. The molecule has 0 unspecified atom stereocenters. The average molecular weight is 511 g/mol. The Labute approximate surface area is 210 Å². The summed E-state index contributed by atoms with van der Waals surface area (Å²) in [6, 6.07) is 15.5. The number of piperidine rings is 1. The summed E-state index contributed by atoms with van der Waals surface area (Å²) >= 11 is 1.63. The van der Waals surface area contributed by atoms with Crippen LogP contribution in [0.15, 0.2) is 53.9 Å². The number of benzene rings is 2. The summed E-state index contributed by atoms with van der Waals surface area (Å²) in [6.45, 7) is 2.44. The third-order valence-corrected chi connectivity index (χ3v) is 7.58. The number of amides is 1. The van der Waals surface area contributed by atoms with Gasteiger partial charge in [0.1, 0.15) is 6.54 Å². The van der Waals surface area contributed by atoms with Gasteiger partial charge in [0.2, 0.25) is 5.91 Å². The highest BCUT2D eigenvalue weighted by Gasteiger charge is 2.35. The Bertz CT molecular complexity index is 1410. The van der Waals surface area contributed by atoms with Crippen LogP contribution in [-0.4, -0.2) is 38.7 Å². The molecule has 1 aliphatic rings. The monoisotopic (exact) mass is 510 g/mol. The highest BCUT2D eigenvalue weighted by molar-refractivity contribution is 7.09. The minimum atomic E-state index is -4.52. The Kier molecular flexibility index (Phi) is 6.66. The Hall–Kier alpha value is -3.46. The van der Waals surface area contributed by atoms with Crippen LogP contribution in [0.4, 0.5) is 13.2 Å². The zero-order valence-electron chi connectivity index (χ0n) is 19.7. The third-order valence-electron chi connectivity index (χ3n) is 6.55. The van der Waals surface area contributed by atoms with Gasteiger partial charge in [-0.3, -0.25) is 9.48 Å². The molecule has 2 aromatic heterocycles. The molecule has 3 heterocycles. The number of halogens is 3. The van der Waals surface area contributed by atoms with Crippen molar-refractivity contribution in [3.63, 3.8) is 0 Å². The van der Waals surface area contributed by atoms with Crippen molar-refractivity contribution in [2.45, 2.75) is 38.4 Å². The normalized spacial score (nSPS) is 15.3. The SMILES string of the molecule is Cc1cc(C(F)(F)F)nn1CC(=O)N1CCC(c2nc(/C=C\c3cccc4ccccc34)cs2)CC1. The lowest BCUT2D eigenvalue weighted by atomic mass is 9.97. The van der Waals surface area contributed by atoms with Crippen LogP contribution in [0.2, 0.25) is 0 Å². The van der Waals surface area contributed by atoms with Gasteiger partial charge in [-0.15, -0.1) is 11.3 Å². The first-order chi connectivity index (χ1) is 17.3. The number of alkyl halides is 3. The summed E-state index contributed by atoms with van der Waals surface area (Å²) < 4.78 is 39.8. The van der Waals surface area contributed by atoms with Gasteiger partial charge in [-0.05, 0) is 48.2 Å². The summed E-state index contributed by atoms with van der Waals surface area (Å²) in [7, 11) is 0. The van der Waals surface area contributed by atoms with E-state index >= 15 is 0 Å². The minimum absolute atomic E-state index is 0.188. The number of rotatable bonds is 5. The second-order valence-corrected chi connectivity index (χ2v) is 9.88. The van der Waals surface area contributed by atoms with E-state index in [4.69, 9.17) is 4.98 Å². The van der Waals surface area contributed by atoms with E-state index in [-0.39, 0.29) is 18.4 Å². The molecular weight excluding hydrogens is 485 g/mol. The van der Waals surface area contributed by atoms with E-state index in [0.29, 0.717) is 18.8 Å². The maximum atomic E-state index is 12.9. The van der Waals surface area contributed by atoms with Crippen LogP contribution in [0.25, 0.3) is 22.9 Å². The fraction of sp³-hybridized carbons (Fsp3) is 0.296. The third kappa shape index (κ3) is 5.21. The van der Waals surface area contributed by atoms with E-state index in [9.17, 15) is 18.0 Å². The highest BCUT2D eigenvalue weighted by atomic mass is 32.1. The van der Waals surface area contributed by atoms with Crippen molar-refractivity contribution in [3.05, 3.63) is 81.6 Å². The molecule has 36 heavy (non-hydrogen) atoms. The first-order valence-corrected chi connectivity index (χ1v) is 12.7. The van der Waals surface area contributed by atoms with E-state index in [1.54, 1.807) is 16.2 Å². The van der Waals surface area contributed by atoms with E-state index in [1.807, 2.05) is 29.7 Å². The number of thiazole rings is 1. The largest absolute Gasteiger partial charge is 0.435 e. The van der Waals surface area contributed by atoms with Crippen molar-refractivity contribution in [3.8, 4) is 0 Å². The zero-order valence-corrected chi connectivity index (χ0v) is 20.5. The molecule has 1 amide bonds. The number of aryl methyl sites for hydroxylation is 1. The van der Waals surface area contributed by atoms with Crippen LogP contribution in [0.3, 0.4) is 0 Å². The smallest absolute Gasteiger partial charge is 0.341 e. The molecule has 2 aromatic carbocycles. The van der Waals surface area contributed by atoms with Gasteiger partial charge in [0, 0.05) is 30.1 Å².